The van der Waals surface area contributed by atoms with Crippen molar-refractivity contribution in [2.75, 3.05) is 26.7 Å². The monoisotopic (exact) mass is 168 g/mol. The summed E-state index contributed by atoms with van der Waals surface area (Å²) in [6.07, 6.45) is 1.11. The van der Waals surface area contributed by atoms with Crippen LogP contribution in [0, 0.1) is 11.3 Å². The maximum Gasteiger partial charge on any atom is 0.226 e. The van der Waals surface area contributed by atoms with Gasteiger partial charge in [-0.05, 0) is 13.3 Å². The Morgan fingerprint density at radius 2 is 2.33 bits per heavy atom. The lowest BCUT2D eigenvalue weighted by Gasteiger charge is -2.29. The molecule has 1 saturated carbocycles. The van der Waals surface area contributed by atoms with Crippen molar-refractivity contribution in [2.45, 2.75) is 13.3 Å². The van der Waals surface area contributed by atoms with Gasteiger partial charge in [0.05, 0.1) is 0 Å². The van der Waals surface area contributed by atoms with Gasteiger partial charge >= 0.3 is 0 Å². The lowest BCUT2D eigenvalue weighted by molar-refractivity contribution is -0.132. The molecule has 1 amide bonds. The SMILES string of the molecule is CCN(C)C(=O)C1CC12CNC2. The van der Waals surface area contributed by atoms with Crippen LogP contribution in [-0.2, 0) is 4.79 Å². The number of nitrogens with one attached hydrogen (secondary N) is 1. The fourth-order valence-electron chi connectivity index (χ4n) is 1.96. The summed E-state index contributed by atoms with van der Waals surface area (Å²) in [4.78, 5) is 13.5. The summed E-state index contributed by atoms with van der Waals surface area (Å²) in [5.74, 6) is 0.683. The van der Waals surface area contributed by atoms with Gasteiger partial charge in [-0.15, -0.1) is 0 Å². The zero-order chi connectivity index (χ0) is 8.77. The van der Waals surface area contributed by atoms with Crippen LogP contribution in [0.15, 0.2) is 0 Å². The van der Waals surface area contributed by atoms with E-state index >= 15 is 0 Å². The molecule has 0 bridgehead atoms. The van der Waals surface area contributed by atoms with E-state index in [0.29, 0.717) is 17.2 Å². The Kier molecular flexibility index (Phi) is 1.65. The first-order chi connectivity index (χ1) is 5.69. The molecule has 68 valence electrons. The number of rotatable bonds is 2. The van der Waals surface area contributed by atoms with Crippen LogP contribution in [-0.4, -0.2) is 37.5 Å². The van der Waals surface area contributed by atoms with E-state index in [9.17, 15) is 4.79 Å². The predicted octanol–water partition coefficient (Wildman–Crippen LogP) is 0.0742. The number of hydrogen-bond acceptors (Lipinski definition) is 2. The Bertz CT molecular complexity index is 211. The topological polar surface area (TPSA) is 32.3 Å². The van der Waals surface area contributed by atoms with E-state index in [1.165, 1.54) is 0 Å². The molecule has 1 spiro atoms. The van der Waals surface area contributed by atoms with Gasteiger partial charge in [0.2, 0.25) is 5.91 Å². The third-order valence-electron chi connectivity index (χ3n) is 3.29. The number of amides is 1. The second-order valence-electron chi connectivity index (χ2n) is 4.08. The number of hydrogen-bond donors (Lipinski definition) is 1. The van der Waals surface area contributed by atoms with Gasteiger partial charge in [0, 0.05) is 38.0 Å². The van der Waals surface area contributed by atoms with Crippen LogP contribution in [0.2, 0.25) is 0 Å². The Balaban J connectivity index is 1.91. The van der Waals surface area contributed by atoms with Crippen molar-refractivity contribution >= 4 is 5.91 Å². The Morgan fingerprint density at radius 1 is 1.67 bits per heavy atom. The van der Waals surface area contributed by atoms with E-state index in [1.54, 1.807) is 0 Å². The molecule has 2 fully saturated rings. The first-order valence-electron chi connectivity index (χ1n) is 4.65. The van der Waals surface area contributed by atoms with Crippen molar-refractivity contribution in [1.29, 1.82) is 0 Å². The van der Waals surface area contributed by atoms with E-state index in [1.807, 2.05) is 18.9 Å². The van der Waals surface area contributed by atoms with Gasteiger partial charge in [0.25, 0.3) is 0 Å². The fraction of sp³-hybridized carbons (Fsp3) is 0.889. The fourth-order valence-corrected chi connectivity index (χ4v) is 1.96. The molecule has 0 aromatic carbocycles. The minimum Gasteiger partial charge on any atom is -0.346 e. The summed E-state index contributed by atoms with van der Waals surface area (Å²) in [6.45, 7) is 4.97. The van der Waals surface area contributed by atoms with Crippen LogP contribution < -0.4 is 5.32 Å². The predicted molar refractivity (Wildman–Crippen MR) is 46.7 cm³/mol. The molecule has 1 aliphatic heterocycles. The van der Waals surface area contributed by atoms with Crippen LogP contribution >= 0.6 is 0 Å². The van der Waals surface area contributed by atoms with Crippen LogP contribution in [0.4, 0.5) is 0 Å². The largest absolute Gasteiger partial charge is 0.346 e. The summed E-state index contributed by atoms with van der Waals surface area (Å²) in [5, 5.41) is 3.23. The molecule has 1 unspecified atom stereocenters. The molecule has 3 heteroatoms. The summed E-state index contributed by atoms with van der Waals surface area (Å²) >= 11 is 0. The highest BCUT2D eigenvalue weighted by Crippen LogP contribution is 2.55. The van der Waals surface area contributed by atoms with Crippen LogP contribution in [0.3, 0.4) is 0 Å². The molecule has 1 heterocycles. The lowest BCUT2D eigenvalue weighted by atomic mass is 9.96. The molecule has 2 rings (SSSR count). The lowest BCUT2D eigenvalue weighted by Crippen LogP contribution is -2.47. The van der Waals surface area contributed by atoms with E-state index < -0.39 is 0 Å². The highest BCUT2D eigenvalue weighted by atomic mass is 16.2. The molecule has 1 aliphatic carbocycles. The Morgan fingerprint density at radius 3 is 2.67 bits per heavy atom. The normalized spacial score (nSPS) is 29.7. The molecule has 1 atom stereocenters. The zero-order valence-electron chi connectivity index (χ0n) is 7.76. The first kappa shape index (κ1) is 8.05. The van der Waals surface area contributed by atoms with Gasteiger partial charge in [-0.1, -0.05) is 0 Å². The number of carbonyl (C=O) groups excluding carboxylic acids is 1. The van der Waals surface area contributed by atoms with Crippen LogP contribution in [0.5, 0.6) is 0 Å². The van der Waals surface area contributed by atoms with Gasteiger partial charge in [-0.3, -0.25) is 4.79 Å². The molecule has 2 aliphatic rings. The maximum atomic E-state index is 11.6. The van der Waals surface area contributed by atoms with Gasteiger partial charge in [0.15, 0.2) is 0 Å². The summed E-state index contributed by atoms with van der Waals surface area (Å²) < 4.78 is 0. The molecule has 1 N–H and O–H groups in total. The van der Waals surface area contributed by atoms with Crippen molar-refractivity contribution in [3.8, 4) is 0 Å². The van der Waals surface area contributed by atoms with Crippen molar-refractivity contribution < 1.29 is 4.79 Å². The van der Waals surface area contributed by atoms with E-state index in [2.05, 4.69) is 5.32 Å². The van der Waals surface area contributed by atoms with E-state index in [-0.39, 0.29) is 0 Å². The summed E-state index contributed by atoms with van der Waals surface area (Å²) in [7, 11) is 1.89. The van der Waals surface area contributed by atoms with Gasteiger partial charge in [0.1, 0.15) is 0 Å². The molecule has 12 heavy (non-hydrogen) atoms. The first-order valence-corrected chi connectivity index (χ1v) is 4.65. The smallest absolute Gasteiger partial charge is 0.226 e. The van der Waals surface area contributed by atoms with Crippen molar-refractivity contribution in [3.05, 3.63) is 0 Å². The van der Waals surface area contributed by atoms with Gasteiger partial charge < -0.3 is 10.2 Å². The van der Waals surface area contributed by atoms with Crippen molar-refractivity contribution in [3.63, 3.8) is 0 Å². The Labute approximate surface area is 73.1 Å². The third-order valence-corrected chi connectivity index (χ3v) is 3.29. The quantitative estimate of drug-likeness (QED) is 0.633. The molecule has 1 saturated heterocycles. The van der Waals surface area contributed by atoms with Crippen molar-refractivity contribution in [2.24, 2.45) is 11.3 Å². The highest BCUT2D eigenvalue weighted by molar-refractivity contribution is 5.82. The Hall–Kier alpha value is -0.570. The molecule has 0 aromatic rings. The van der Waals surface area contributed by atoms with E-state index in [4.69, 9.17) is 0 Å². The summed E-state index contributed by atoms with van der Waals surface area (Å²) in [6, 6.07) is 0. The zero-order valence-corrected chi connectivity index (χ0v) is 7.76. The second-order valence-corrected chi connectivity index (χ2v) is 4.08. The molecule has 0 radical (unpaired) electrons. The average molecular weight is 168 g/mol. The van der Waals surface area contributed by atoms with Crippen LogP contribution in [0.1, 0.15) is 13.3 Å². The number of carbonyl (C=O) groups is 1. The average Bonchev–Trinajstić information content (AvgIpc) is 2.75. The maximum absolute atomic E-state index is 11.6. The van der Waals surface area contributed by atoms with Crippen molar-refractivity contribution in [1.82, 2.24) is 10.2 Å². The summed E-state index contributed by atoms with van der Waals surface area (Å²) in [5.41, 5.74) is 0.389. The second kappa shape index (κ2) is 2.46. The van der Waals surface area contributed by atoms with Gasteiger partial charge in [-0.25, -0.2) is 0 Å². The van der Waals surface area contributed by atoms with Gasteiger partial charge in [-0.2, -0.15) is 0 Å². The minimum absolute atomic E-state index is 0.337. The molecular formula is C9H16N2O. The standard InChI is InChI=1S/C9H16N2O/c1-3-11(2)8(12)7-4-9(7)5-10-6-9/h7,10H,3-6H2,1-2H3. The minimum atomic E-state index is 0.337. The van der Waals surface area contributed by atoms with Crippen LogP contribution in [0.25, 0.3) is 0 Å². The molecule has 3 nitrogen and oxygen atoms in total. The number of nitrogens with zero attached hydrogens (tertiary/aromatic N) is 1. The highest BCUT2D eigenvalue weighted by Gasteiger charge is 2.61. The molecular weight excluding hydrogens is 152 g/mol. The third kappa shape index (κ3) is 0.959. The molecule has 0 aromatic heterocycles. The van der Waals surface area contributed by atoms with E-state index in [0.717, 1.165) is 26.1 Å².